The zero-order valence-electron chi connectivity index (χ0n) is 19.4. The van der Waals surface area contributed by atoms with Gasteiger partial charge in [-0.05, 0) is 61.9 Å². The number of nitrogens with zero attached hydrogens (tertiary/aromatic N) is 2. The molecule has 0 fully saturated rings. The molecule has 0 unspecified atom stereocenters. The van der Waals surface area contributed by atoms with Crippen LogP contribution in [0.4, 0.5) is 5.69 Å². The van der Waals surface area contributed by atoms with Crippen molar-refractivity contribution in [1.82, 2.24) is 9.97 Å². The third-order valence-electron chi connectivity index (χ3n) is 4.93. The highest BCUT2D eigenvalue weighted by molar-refractivity contribution is 6.31. The van der Waals surface area contributed by atoms with Gasteiger partial charge in [0.15, 0.2) is 0 Å². The Morgan fingerprint density at radius 3 is 2.40 bits per heavy atom. The average Bonchev–Trinajstić information content (AvgIpc) is 2.82. The van der Waals surface area contributed by atoms with Gasteiger partial charge in [-0.25, -0.2) is 9.97 Å². The summed E-state index contributed by atoms with van der Waals surface area (Å²) in [6.07, 6.45) is 3.21. The summed E-state index contributed by atoms with van der Waals surface area (Å²) in [5.41, 5.74) is 4.04. The molecule has 0 aliphatic carbocycles. The molecule has 1 heterocycles. The van der Waals surface area contributed by atoms with Crippen LogP contribution in [0.2, 0.25) is 5.02 Å². The molecule has 0 bridgehead atoms. The first-order valence-corrected chi connectivity index (χ1v) is 11.4. The number of rotatable bonds is 8. The van der Waals surface area contributed by atoms with Crippen molar-refractivity contribution >= 4 is 29.3 Å². The standard InChI is InChI=1S/C28H24ClN3O3/c1-19-16-20(2)31-28(30-19)35-25-8-5-7-23(17-25)32-27(33)15-12-21-10-13-24(14-11-21)34-18-22-6-3-4-9-26(22)29/h3-17H,18H2,1-2H3,(H,32,33)/b15-12+. The van der Waals surface area contributed by atoms with Gasteiger partial charge in [-0.15, -0.1) is 0 Å². The first-order valence-electron chi connectivity index (χ1n) is 11.0. The van der Waals surface area contributed by atoms with E-state index in [4.69, 9.17) is 21.1 Å². The molecule has 1 amide bonds. The molecular weight excluding hydrogens is 462 g/mol. The van der Waals surface area contributed by atoms with Gasteiger partial charge >= 0.3 is 6.01 Å². The van der Waals surface area contributed by atoms with E-state index in [0.717, 1.165) is 28.3 Å². The van der Waals surface area contributed by atoms with Gasteiger partial charge < -0.3 is 14.8 Å². The molecule has 7 heteroatoms. The van der Waals surface area contributed by atoms with Gasteiger partial charge in [0.05, 0.1) is 0 Å². The highest BCUT2D eigenvalue weighted by atomic mass is 35.5. The lowest BCUT2D eigenvalue weighted by molar-refractivity contribution is -0.111. The third-order valence-corrected chi connectivity index (χ3v) is 5.30. The topological polar surface area (TPSA) is 73.3 Å². The van der Waals surface area contributed by atoms with Crippen LogP contribution in [0, 0.1) is 13.8 Å². The number of hydrogen-bond acceptors (Lipinski definition) is 5. The molecule has 0 aliphatic rings. The summed E-state index contributed by atoms with van der Waals surface area (Å²) in [5, 5.41) is 3.51. The second kappa shape index (κ2) is 11.3. The highest BCUT2D eigenvalue weighted by Gasteiger charge is 2.05. The van der Waals surface area contributed by atoms with Crippen LogP contribution in [0.1, 0.15) is 22.5 Å². The fourth-order valence-electron chi connectivity index (χ4n) is 3.29. The lowest BCUT2D eigenvalue weighted by Crippen LogP contribution is -2.07. The molecule has 0 radical (unpaired) electrons. The van der Waals surface area contributed by atoms with E-state index in [9.17, 15) is 4.79 Å². The molecule has 4 rings (SSSR count). The van der Waals surface area contributed by atoms with E-state index in [1.807, 2.05) is 68.4 Å². The molecule has 0 saturated heterocycles. The van der Waals surface area contributed by atoms with Crippen molar-refractivity contribution in [1.29, 1.82) is 0 Å². The Labute approximate surface area is 209 Å². The molecule has 176 valence electrons. The minimum absolute atomic E-state index is 0.260. The summed E-state index contributed by atoms with van der Waals surface area (Å²) in [6.45, 7) is 4.15. The van der Waals surface area contributed by atoms with Crippen molar-refractivity contribution in [3.63, 3.8) is 0 Å². The number of ether oxygens (including phenoxy) is 2. The Bertz CT molecular complexity index is 1330. The van der Waals surface area contributed by atoms with Gasteiger partial charge in [0.1, 0.15) is 18.1 Å². The minimum Gasteiger partial charge on any atom is -0.489 e. The maximum atomic E-state index is 12.4. The predicted molar refractivity (Wildman–Crippen MR) is 138 cm³/mol. The number of carbonyl (C=O) groups excluding carboxylic acids is 1. The maximum Gasteiger partial charge on any atom is 0.322 e. The van der Waals surface area contributed by atoms with Crippen molar-refractivity contribution in [2.75, 3.05) is 5.32 Å². The van der Waals surface area contributed by atoms with Crippen LogP contribution in [0.3, 0.4) is 0 Å². The normalized spacial score (nSPS) is 10.8. The fraction of sp³-hybridized carbons (Fsp3) is 0.107. The van der Waals surface area contributed by atoms with Crippen LogP contribution in [0.15, 0.2) is 84.9 Å². The minimum atomic E-state index is -0.260. The summed E-state index contributed by atoms with van der Waals surface area (Å²) in [7, 11) is 0. The van der Waals surface area contributed by atoms with Gasteiger partial charge in [-0.3, -0.25) is 4.79 Å². The van der Waals surface area contributed by atoms with E-state index in [1.165, 1.54) is 6.08 Å². The molecule has 3 aromatic carbocycles. The van der Waals surface area contributed by atoms with Crippen LogP contribution in [-0.4, -0.2) is 15.9 Å². The van der Waals surface area contributed by atoms with Gasteiger partial charge in [0, 0.05) is 39.8 Å². The number of benzene rings is 3. The number of nitrogens with one attached hydrogen (secondary N) is 1. The fourth-order valence-corrected chi connectivity index (χ4v) is 3.48. The van der Waals surface area contributed by atoms with E-state index >= 15 is 0 Å². The van der Waals surface area contributed by atoms with Crippen molar-refractivity contribution in [2.45, 2.75) is 20.5 Å². The molecule has 0 saturated carbocycles. The smallest absolute Gasteiger partial charge is 0.322 e. The second-order valence-corrected chi connectivity index (χ2v) is 8.24. The zero-order valence-corrected chi connectivity index (χ0v) is 20.1. The van der Waals surface area contributed by atoms with E-state index in [1.54, 1.807) is 30.3 Å². The average molecular weight is 486 g/mol. The molecule has 6 nitrogen and oxygen atoms in total. The molecule has 35 heavy (non-hydrogen) atoms. The molecular formula is C28H24ClN3O3. The Balaban J connectivity index is 1.32. The van der Waals surface area contributed by atoms with Crippen LogP contribution in [0.25, 0.3) is 6.08 Å². The summed E-state index contributed by atoms with van der Waals surface area (Å²) in [5.74, 6) is 0.990. The molecule has 0 atom stereocenters. The Hall–Kier alpha value is -4.16. The van der Waals surface area contributed by atoms with Gasteiger partial charge in [0.2, 0.25) is 5.91 Å². The van der Waals surface area contributed by atoms with Crippen LogP contribution in [0.5, 0.6) is 17.5 Å². The van der Waals surface area contributed by atoms with Crippen molar-refractivity contribution < 1.29 is 14.3 Å². The maximum absolute atomic E-state index is 12.4. The zero-order chi connectivity index (χ0) is 24.6. The quantitative estimate of drug-likeness (QED) is 0.279. The second-order valence-electron chi connectivity index (χ2n) is 7.83. The first-order chi connectivity index (χ1) is 16.9. The summed E-state index contributed by atoms with van der Waals surface area (Å²) in [4.78, 5) is 20.9. The first kappa shape index (κ1) is 24.0. The largest absolute Gasteiger partial charge is 0.489 e. The van der Waals surface area contributed by atoms with Gasteiger partial charge in [-0.1, -0.05) is 48.0 Å². The summed E-state index contributed by atoms with van der Waals surface area (Å²) >= 11 is 6.16. The lowest BCUT2D eigenvalue weighted by atomic mass is 10.2. The number of aryl methyl sites for hydroxylation is 2. The van der Waals surface area contributed by atoms with Crippen molar-refractivity contribution in [3.8, 4) is 17.5 Å². The van der Waals surface area contributed by atoms with Crippen LogP contribution in [-0.2, 0) is 11.4 Å². The Morgan fingerprint density at radius 2 is 1.66 bits per heavy atom. The van der Waals surface area contributed by atoms with E-state index < -0.39 is 0 Å². The van der Waals surface area contributed by atoms with Crippen molar-refractivity contribution in [2.24, 2.45) is 0 Å². The molecule has 4 aromatic rings. The monoisotopic (exact) mass is 485 g/mol. The number of anilines is 1. The molecule has 0 aliphatic heterocycles. The predicted octanol–water partition coefficient (Wildman–Crippen LogP) is 6.77. The van der Waals surface area contributed by atoms with Crippen LogP contribution >= 0.6 is 11.6 Å². The number of carbonyl (C=O) groups is 1. The van der Waals surface area contributed by atoms with Crippen LogP contribution < -0.4 is 14.8 Å². The number of halogens is 1. The SMILES string of the molecule is Cc1cc(C)nc(Oc2cccc(NC(=O)/C=C/c3ccc(OCc4ccccc4Cl)cc3)c2)n1. The van der Waals surface area contributed by atoms with E-state index in [-0.39, 0.29) is 11.9 Å². The van der Waals surface area contributed by atoms with Gasteiger partial charge in [0.25, 0.3) is 0 Å². The lowest BCUT2D eigenvalue weighted by Gasteiger charge is -2.08. The van der Waals surface area contributed by atoms with Crippen molar-refractivity contribution in [3.05, 3.63) is 112 Å². The summed E-state index contributed by atoms with van der Waals surface area (Å²) in [6, 6.07) is 24.2. The van der Waals surface area contributed by atoms with E-state index in [0.29, 0.717) is 23.1 Å². The number of hydrogen-bond donors (Lipinski definition) is 1. The van der Waals surface area contributed by atoms with E-state index in [2.05, 4.69) is 15.3 Å². The third kappa shape index (κ3) is 7.16. The Kier molecular flexibility index (Phi) is 7.75. The molecule has 1 N–H and O–H groups in total. The number of amides is 1. The summed E-state index contributed by atoms with van der Waals surface area (Å²) < 4.78 is 11.5. The Morgan fingerprint density at radius 1 is 0.914 bits per heavy atom. The molecule has 0 spiro atoms. The molecule has 1 aromatic heterocycles. The number of aromatic nitrogens is 2. The van der Waals surface area contributed by atoms with Gasteiger partial charge in [-0.2, -0.15) is 0 Å². The highest BCUT2D eigenvalue weighted by Crippen LogP contribution is 2.23.